The third-order valence-electron chi connectivity index (χ3n) is 3.49. The van der Waals surface area contributed by atoms with Gasteiger partial charge in [0, 0.05) is 23.7 Å². The van der Waals surface area contributed by atoms with E-state index in [2.05, 4.69) is 34.3 Å². The van der Waals surface area contributed by atoms with Crippen LogP contribution in [-0.4, -0.2) is 47.7 Å². The van der Waals surface area contributed by atoms with Crippen LogP contribution in [-0.2, 0) is 0 Å². The molecule has 6 heteroatoms. The zero-order valence-electron chi connectivity index (χ0n) is 13.0. The molecule has 0 saturated carbocycles. The summed E-state index contributed by atoms with van der Waals surface area (Å²) in [6, 6.07) is 5.45. The van der Waals surface area contributed by atoms with Crippen molar-refractivity contribution in [2.75, 3.05) is 26.4 Å². The predicted molar refractivity (Wildman–Crippen MR) is 85.2 cm³/mol. The van der Waals surface area contributed by atoms with E-state index in [-0.39, 0.29) is 11.9 Å². The number of carbonyl (C=O) groups excluding carboxylic acids is 1. The van der Waals surface area contributed by atoms with Crippen LogP contribution in [0.4, 0.5) is 5.69 Å². The van der Waals surface area contributed by atoms with Crippen LogP contribution in [0, 0.1) is 5.92 Å². The Hall–Kier alpha value is -2.08. The maximum absolute atomic E-state index is 12.5. The first-order chi connectivity index (χ1) is 9.88. The quantitative estimate of drug-likeness (QED) is 0.727. The second kappa shape index (κ2) is 6.13. The van der Waals surface area contributed by atoms with E-state index < -0.39 is 0 Å². The Kier molecular flexibility index (Phi) is 4.47. The molecular formula is C15H23N5O. The first-order valence-electron chi connectivity index (χ1n) is 7.07. The fourth-order valence-electron chi connectivity index (χ4n) is 2.26. The molecule has 4 N–H and O–H groups in total. The SMILES string of the molecule is CC(C)C(CN(C)C)NC(=O)c1n[nH]c2ccc(N)cc12. The van der Waals surface area contributed by atoms with Gasteiger partial charge in [-0.15, -0.1) is 0 Å². The number of aromatic nitrogens is 2. The molecule has 0 aliphatic carbocycles. The number of benzene rings is 1. The first kappa shape index (κ1) is 15.3. The lowest BCUT2D eigenvalue weighted by atomic mass is 10.0. The van der Waals surface area contributed by atoms with Gasteiger partial charge in [-0.05, 0) is 38.2 Å². The highest BCUT2D eigenvalue weighted by molar-refractivity contribution is 6.05. The summed E-state index contributed by atoms with van der Waals surface area (Å²) in [7, 11) is 3.98. The molecule has 114 valence electrons. The second-order valence-electron chi connectivity index (χ2n) is 5.96. The molecular weight excluding hydrogens is 266 g/mol. The number of nitrogen functional groups attached to an aromatic ring is 1. The predicted octanol–water partition coefficient (Wildman–Crippen LogP) is 1.46. The van der Waals surface area contributed by atoms with Crippen LogP contribution in [0.3, 0.4) is 0 Å². The van der Waals surface area contributed by atoms with Crippen LogP contribution in [0.25, 0.3) is 10.9 Å². The number of amides is 1. The Balaban J connectivity index is 2.23. The number of H-pyrrole nitrogens is 1. The van der Waals surface area contributed by atoms with Gasteiger partial charge in [0.15, 0.2) is 5.69 Å². The number of rotatable bonds is 5. The van der Waals surface area contributed by atoms with Crippen molar-refractivity contribution < 1.29 is 4.79 Å². The van der Waals surface area contributed by atoms with Gasteiger partial charge in [0.25, 0.3) is 5.91 Å². The van der Waals surface area contributed by atoms with E-state index in [0.29, 0.717) is 17.3 Å². The molecule has 1 heterocycles. The summed E-state index contributed by atoms with van der Waals surface area (Å²) in [6.45, 7) is 4.97. The largest absolute Gasteiger partial charge is 0.399 e. The molecule has 1 aromatic carbocycles. The molecule has 1 amide bonds. The number of aromatic amines is 1. The minimum absolute atomic E-state index is 0.0697. The molecule has 1 unspecified atom stereocenters. The number of anilines is 1. The number of hydrogen-bond acceptors (Lipinski definition) is 4. The molecule has 21 heavy (non-hydrogen) atoms. The van der Waals surface area contributed by atoms with Gasteiger partial charge in [-0.3, -0.25) is 9.89 Å². The number of hydrogen-bond donors (Lipinski definition) is 3. The number of nitrogens with one attached hydrogen (secondary N) is 2. The molecule has 0 radical (unpaired) electrons. The highest BCUT2D eigenvalue weighted by Crippen LogP contribution is 2.19. The Bertz CT molecular complexity index is 632. The van der Waals surface area contributed by atoms with Gasteiger partial charge < -0.3 is 16.0 Å². The Morgan fingerprint density at radius 3 is 2.76 bits per heavy atom. The van der Waals surface area contributed by atoms with Crippen molar-refractivity contribution in [1.82, 2.24) is 20.4 Å². The number of carbonyl (C=O) groups is 1. The first-order valence-corrected chi connectivity index (χ1v) is 7.07. The summed E-state index contributed by atoms with van der Waals surface area (Å²) in [4.78, 5) is 14.5. The molecule has 0 aliphatic rings. The lowest BCUT2D eigenvalue weighted by Gasteiger charge is -2.25. The zero-order chi connectivity index (χ0) is 15.6. The fourth-order valence-corrected chi connectivity index (χ4v) is 2.26. The molecule has 1 atom stereocenters. The number of nitrogens with zero attached hydrogens (tertiary/aromatic N) is 2. The standard InChI is InChI=1S/C15H23N5O/c1-9(2)13(8-20(3)4)17-15(21)14-11-7-10(16)5-6-12(11)18-19-14/h5-7,9,13H,8,16H2,1-4H3,(H,17,21)(H,18,19). The minimum Gasteiger partial charge on any atom is -0.399 e. The van der Waals surface area contributed by atoms with E-state index in [9.17, 15) is 4.79 Å². The molecule has 2 aromatic rings. The zero-order valence-corrected chi connectivity index (χ0v) is 13.0. The monoisotopic (exact) mass is 289 g/mol. The van der Waals surface area contributed by atoms with Crippen LogP contribution in [0.2, 0.25) is 0 Å². The Morgan fingerprint density at radius 1 is 1.43 bits per heavy atom. The lowest BCUT2D eigenvalue weighted by Crippen LogP contribution is -2.45. The van der Waals surface area contributed by atoms with Crippen molar-refractivity contribution in [1.29, 1.82) is 0 Å². The van der Waals surface area contributed by atoms with Crippen LogP contribution in [0.1, 0.15) is 24.3 Å². The molecule has 6 nitrogen and oxygen atoms in total. The van der Waals surface area contributed by atoms with Gasteiger partial charge >= 0.3 is 0 Å². The molecule has 0 spiro atoms. The third kappa shape index (κ3) is 3.52. The van der Waals surface area contributed by atoms with Crippen LogP contribution < -0.4 is 11.1 Å². The minimum atomic E-state index is -0.174. The van der Waals surface area contributed by atoms with E-state index in [1.165, 1.54) is 0 Å². The van der Waals surface area contributed by atoms with Crippen molar-refractivity contribution in [2.45, 2.75) is 19.9 Å². The van der Waals surface area contributed by atoms with E-state index in [0.717, 1.165) is 17.4 Å². The van der Waals surface area contributed by atoms with Gasteiger partial charge in [0.1, 0.15) is 0 Å². The van der Waals surface area contributed by atoms with Gasteiger partial charge in [-0.2, -0.15) is 5.10 Å². The van der Waals surface area contributed by atoms with Crippen molar-refractivity contribution in [2.24, 2.45) is 5.92 Å². The van der Waals surface area contributed by atoms with Gasteiger partial charge in [0.2, 0.25) is 0 Å². The van der Waals surface area contributed by atoms with Gasteiger partial charge in [-0.1, -0.05) is 13.8 Å². The smallest absolute Gasteiger partial charge is 0.272 e. The summed E-state index contributed by atoms with van der Waals surface area (Å²) < 4.78 is 0. The molecule has 0 saturated heterocycles. The van der Waals surface area contributed by atoms with Crippen LogP contribution >= 0.6 is 0 Å². The maximum Gasteiger partial charge on any atom is 0.272 e. The van der Waals surface area contributed by atoms with Crippen molar-refractivity contribution in [3.63, 3.8) is 0 Å². The average molecular weight is 289 g/mol. The number of fused-ring (bicyclic) bond motifs is 1. The van der Waals surface area contributed by atoms with Crippen LogP contribution in [0.15, 0.2) is 18.2 Å². The topological polar surface area (TPSA) is 87.0 Å². The summed E-state index contributed by atoms with van der Waals surface area (Å²) in [5, 5.41) is 10.8. The van der Waals surface area contributed by atoms with Gasteiger partial charge in [0.05, 0.1) is 5.52 Å². The van der Waals surface area contributed by atoms with Crippen molar-refractivity contribution in [3.8, 4) is 0 Å². The molecule has 0 fully saturated rings. The number of likely N-dealkylation sites (N-methyl/N-ethyl adjacent to an activating group) is 1. The van der Waals surface area contributed by atoms with E-state index in [1.54, 1.807) is 12.1 Å². The maximum atomic E-state index is 12.5. The van der Waals surface area contributed by atoms with Crippen molar-refractivity contribution >= 4 is 22.5 Å². The summed E-state index contributed by atoms with van der Waals surface area (Å²) in [5.74, 6) is 0.166. The fraction of sp³-hybridized carbons (Fsp3) is 0.467. The highest BCUT2D eigenvalue weighted by Gasteiger charge is 2.21. The Morgan fingerprint density at radius 2 is 2.14 bits per heavy atom. The van der Waals surface area contributed by atoms with Gasteiger partial charge in [-0.25, -0.2) is 0 Å². The van der Waals surface area contributed by atoms with E-state index in [1.807, 2.05) is 20.2 Å². The second-order valence-corrected chi connectivity index (χ2v) is 5.96. The normalized spacial score (nSPS) is 13.0. The van der Waals surface area contributed by atoms with E-state index in [4.69, 9.17) is 5.73 Å². The number of nitrogens with two attached hydrogens (primary N) is 1. The summed E-state index contributed by atoms with van der Waals surface area (Å²) >= 11 is 0. The molecule has 0 aliphatic heterocycles. The van der Waals surface area contributed by atoms with Crippen LogP contribution in [0.5, 0.6) is 0 Å². The Labute approximate surface area is 124 Å². The lowest BCUT2D eigenvalue weighted by molar-refractivity contribution is 0.0913. The van der Waals surface area contributed by atoms with Crippen molar-refractivity contribution in [3.05, 3.63) is 23.9 Å². The molecule has 2 rings (SSSR count). The molecule has 1 aromatic heterocycles. The summed E-state index contributed by atoms with van der Waals surface area (Å²) in [6.07, 6.45) is 0. The molecule has 0 bridgehead atoms. The highest BCUT2D eigenvalue weighted by atomic mass is 16.2. The third-order valence-corrected chi connectivity index (χ3v) is 3.49. The van der Waals surface area contributed by atoms with E-state index >= 15 is 0 Å². The average Bonchev–Trinajstić information content (AvgIpc) is 2.80. The summed E-state index contributed by atoms with van der Waals surface area (Å²) in [5.41, 5.74) is 7.60.